The number of hydrogen-bond donors (Lipinski definition) is 4. The van der Waals surface area contributed by atoms with Gasteiger partial charge in [-0.25, -0.2) is 19.6 Å². The number of nitrogens with one attached hydrogen (secondary N) is 2. The fourth-order valence-electron chi connectivity index (χ4n) is 3.97. The summed E-state index contributed by atoms with van der Waals surface area (Å²) in [6, 6.07) is 0.794. The molecule has 2 heterocycles. The number of ketones is 1. The summed E-state index contributed by atoms with van der Waals surface area (Å²) >= 11 is 2.22. The fourth-order valence-corrected chi connectivity index (χ4v) is 6.45. The van der Waals surface area contributed by atoms with E-state index >= 15 is 0 Å². The lowest BCUT2D eigenvalue weighted by atomic mass is 10.1. The third kappa shape index (κ3) is 15.3. The highest BCUT2D eigenvalue weighted by molar-refractivity contribution is 7.99. The maximum atomic E-state index is 13.8. The third-order valence-corrected chi connectivity index (χ3v) is 8.48. The van der Waals surface area contributed by atoms with Crippen LogP contribution < -0.4 is 20.1 Å². The molecule has 0 bridgehead atoms. The molecule has 0 saturated heterocycles. The molecule has 48 heavy (non-hydrogen) atoms. The van der Waals surface area contributed by atoms with Crippen LogP contribution >= 0.6 is 23.5 Å². The van der Waals surface area contributed by atoms with Crippen molar-refractivity contribution in [1.29, 1.82) is 0 Å². The molecule has 17 heteroatoms. The van der Waals surface area contributed by atoms with Crippen LogP contribution in [-0.4, -0.2) is 94.5 Å². The molecule has 0 aliphatic heterocycles. The van der Waals surface area contributed by atoms with Crippen molar-refractivity contribution in [3.05, 3.63) is 36.0 Å². The largest absolute Gasteiger partial charge is 0.480 e. The fraction of sp³-hybridized carbons (Fsp3) is 0.581. The van der Waals surface area contributed by atoms with E-state index in [9.17, 15) is 34.2 Å². The Kier molecular flexibility index (Phi) is 15.0. The van der Waals surface area contributed by atoms with Crippen molar-refractivity contribution in [2.45, 2.75) is 102 Å². The van der Waals surface area contributed by atoms with E-state index in [4.69, 9.17) is 9.47 Å². The highest BCUT2D eigenvalue weighted by atomic mass is 32.2. The lowest BCUT2D eigenvalue weighted by Crippen LogP contribution is -2.41. The Labute approximate surface area is 288 Å². The summed E-state index contributed by atoms with van der Waals surface area (Å²) in [5.74, 6) is -3.47. The van der Waals surface area contributed by atoms with Crippen LogP contribution in [0.1, 0.15) is 90.2 Å². The maximum absolute atomic E-state index is 13.8. The molecule has 0 aliphatic carbocycles. The van der Waals surface area contributed by atoms with Crippen LogP contribution in [0, 0.1) is 0 Å². The Bertz CT molecular complexity index is 1340. The first-order valence-electron chi connectivity index (χ1n) is 15.0. The van der Waals surface area contributed by atoms with Crippen molar-refractivity contribution >= 4 is 53.1 Å². The van der Waals surface area contributed by atoms with Gasteiger partial charge in [-0.15, -0.1) is 23.5 Å². The van der Waals surface area contributed by atoms with Crippen molar-refractivity contribution in [3.63, 3.8) is 0 Å². The number of aliphatic carboxylic acids is 2. The van der Waals surface area contributed by atoms with E-state index in [-0.39, 0.29) is 47.8 Å². The van der Waals surface area contributed by atoms with E-state index in [1.54, 1.807) is 12.1 Å². The minimum atomic E-state index is -1.24. The van der Waals surface area contributed by atoms with Crippen molar-refractivity contribution in [2.75, 3.05) is 11.5 Å². The number of ether oxygens (including phenoxy) is 2. The van der Waals surface area contributed by atoms with Gasteiger partial charge in [-0.1, -0.05) is 0 Å². The van der Waals surface area contributed by atoms with E-state index in [1.807, 2.05) is 41.5 Å². The van der Waals surface area contributed by atoms with Gasteiger partial charge in [0.05, 0.1) is 16.2 Å². The van der Waals surface area contributed by atoms with Gasteiger partial charge in [-0.3, -0.25) is 14.4 Å². The minimum absolute atomic E-state index is 0.0726. The Morgan fingerprint density at radius 3 is 1.75 bits per heavy atom. The summed E-state index contributed by atoms with van der Waals surface area (Å²) in [6.07, 6.45) is 2.70. The summed E-state index contributed by atoms with van der Waals surface area (Å²) in [5.41, 5.74) is -0.781. The van der Waals surface area contributed by atoms with Crippen LogP contribution in [0.4, 0.5) is 0 Å². The van der Waals surface area contributed by atoms with Crippen molar-refractivity contribution in [3.8, 4) is 11.9 Å². The van der Waals surface area contributed by atoms with Crippen molar-refractivity contribution in [2.24, 2.45) is 0 Å². The molecule has 2 amide bonds. The molecule has 4 atom stereocenters. The van der Waals surface area contributed by atoms with Crippen LogP contribution in [0.5, 0.6) is 11.9 Å². The van der Waals surface area contributed by atoms with Crippen LogP contribution in [0.15, 0.2) is 24.5 Å². The molecule has 2 aromatic rings. The topological polar surface area (TPSA) is 220 Å². The maximum Gasteiger partial charge on any atom is 0.327 e. The number of aromatic nitrogens is 4. The van der Waals surface area contributed by atoms with Crippen LogP contribution in [-0.2, 0) is 24.0 Å². The van der Waals surface area contributed by atoms with Crippen LogP contribution in [0.3, 0.4) is 0 Å². The molecule has 0 aromatic carbocycles. The molecule has 0 radical (unpaired) electrons. The molecular weight excluding hydrogens is 665 g/mol. The molecule has 4 N–H and O–H groups in total. The zero-order valence-electron chi connectivity index (χ0n) is 28.3. The monoisotopic (exact) mass is 708 g/mol. The number of thioether (sulfide) groups is 2. The third-order valence-electron chi connectivity index (χ3n) is 5.84. The highest BCUT2D eigenvalue weighted by Gasteiger charge is 2.29. The van der Waals surface area contributed by atoms with Gasteiger partial charge in [0.2, 0.25) is 17.7 Å². The summed E-state index contributed by atoms with van der Waals surface area (Å²) in [4.78, 5) is 78.2. The van der Waals surface area contributed by atoms with Gasteiger partial charge < -0.3 is 30.3 Å². The summed E-state index contributed by atoms with van der Waals surface area (Å²) in [7, 11) is 0. The number of carboxylic acid groups (broad SMARTS) is 2. The van der Waals surface area contributed by atoms with Crippen LogP contribution in [0.25, 0.3) is 0 Å². The second-order valence-corrected chi connectivity index (χ2v) is 15.2. The Morgan fingerprint density at radius 1 is 0.750 bits per heavy atom. The number of carbonyl (C=O) groups is 5. The lowest BCUT2D eigenvalue weighted by molar-refractivity contribution is -0.141. The molecule has 0 fully saturated rings. The van der Waals surface area contributed by atoms with E-state index in [0.29, 0.717) is 5.69 Å². The Balaban J connectivity index is 2.43. The van der Waals surface area contributed by atoms with Gasteiger partial charge in [-0.2, -0.15) is 9.97 Å². The predicted molar refractivity (Wildman–Crippen MR) is 180 cm³/mol. The highest BCUT2D eigenvalue weighted by Crippen LogP contribution is 2.37. The zero-order valence-corrected chi connectivity index (χ0v) is 29.9. The van der Waals surface area contributed by atoms with E-state index < -0.39 is 57.5 Å². The van der Waals surface area contributed by atoms with Gasteiger partial charge in [0.15, 0.2) is 0 Å². The van der Waals surface area contributed by atoms with Gasteiger partial charge in [0.25, 0.3) is 0 Å². The average Bonchev–Trinajstić information content (AvgIpc) is 2.93. The molecule has 0 saturated carbocycles. The molecule has 0 spiro atoms. The average molecular weight is 709 g/mol. The van der Waals surface area contributed by atoms with E-state index in [1.165, 1.54) is 26.2 Å². The quantitative estimate of drug-likeness (QED) is 0.174. The van der Waals surface area contributed by atoms with E-state index in [0.717, 1.165) is 23.5 Å². The number of carboxylic acids is 2. The number of rotatable bonds is 18. The van der Waals surface area contributed by atoms with Gasteiger partial charge in [0, 0.05) is 56.7 Å². The smallest absolute Gasteiger partial charge is 0.327 e. The SMILES string of the molecule is CC(=O)NC(CSC(CC(=O)CC(SCC(NC(C)=O)C(=O)O)c1nccc(OC(C)(C)C)n1)c1ccnc(OC(C)(C)C)n1)C(=O)O. The summed E-state index contributed by atoms with van der Waals surface area (Å²) in [5, 5.41) is 22.7. The van der Waals surface area contributed by atoms with Gasteiger partial charge >= 0.3 is 17.9 Å². The van der Waals surface area contributed by atoms with E-state index in [2.05, 4.69) is 30.6 Å². The number of hydrogen-bond acceptors (Lipinski definition) is 13. The Morgan fingerprint density at radius 2 is 1.25 bits per heavy atom. The number of amides is 2. The second-order valence-electron chi connectivity index (χ2n) is 12.7. The Hall–Kier alpha value is -3.99. The lowest BCUT2D eigenvalue weighted by Gasteiger charge is -2.23. The molecule has 264 valence electrons. The normalized spacial score (nSPS) is 14.2. The molecule has 4 unspecified atom stereocenters. The molecule has 15 nitrogen and oxygen atoms in total. The second kappa shape index (κ2) is 18.0. The van der Waals surface area contributed by atoms with Crippen molar-refractivity contribution < 1.29 is 43.7 Å². The molecule has 0 aliphatic rings. The molecular formula is C31H44N6O9S2. The summed E-state index contributed by atoms with van der Waals surface area (Å²) in [6.45, 7) is 13.4. The first-order valence-corrected chi connectivity index (χ1v) is 17.1. The number of carbonyl (C=O) groups excluding carboxylic acids is 3. The number of Topliss-reactive ketones (excluding diaryl/α,β-unsaturated/α-hetero) is 1. The predicted octanol–water partition coefficient (Wildman–Crippen LogP) is 3.40. The standard InChI is InChI=1S/C31H44N6O9S2/c1-17(38)34-21(27(41)42)15-47-23(20-9-11-33-29(36-20)46-31(6,7)8)13-19(40)14-24(48-16-22(28(43)44)35-18(2)39)26-32-12-10-25(37-26)45-30(3,4)5/h9-12,21-24H,13-16H2,1-8H3,(H,34,38)(H,35,39)(H,41,42)(H,43,44). The number of nitrogens with zero attached hydrogens (tertiary/aromatic N) is 4. The zero-order chi connectivity index (χ0) is 36.2. The molecule has 2 aromatic heterocycles. The van der Waals surface area contributed by atoms with Crippen LogP contribution in [0.2, 0.25) is 0 Å². The minimum Gasteiger partial charge on any atom is -0.480 e. The summed E-state index contributed by atoms with van der Waals surface area (Å²) < 4.78 is 11.7. The van der Waals surface area contributed by atoms with Gasteiger partial charge in [-0.05, 0) is 47.6 Å². The van der Waals surface area contributed by atoms with Crippen molar-refractivity contribution in [1.82, 2.24) is 30.6 Å². The van der Waals surface area contributed by atoms with Gasteiger partial charge in [0.1, 0.15) is 34.9 Å². The molecule has 2 rings (SSSR count). The first-order chi connectivity index (χ1) is 22.2. The first kappa shape index (κ1) is 40.2.